The van der Waals surface area contributed by atoms with Crippen molar-refractivity contribution in [2.45, 2.75) is 6.42 Å². The van der Waals surface area contributed by atoms with E-state index in [2.05, 4.69) is 10.4 Å². The van der Waals surface area contributed by atoms with E-state index in [1.165, 1.54) is 16.8 Å². The molecule has 7 nitrogen and oxygen atoms in total. The van der Waals surface area contributed by atoms with Crippen molar-refractivity contribution in [2.24, 2.45) is 0 Å². The van der Waals surface area contributed by atoms with Gasteiger partial charge in [0.1, 0.15) is 35.1 Å². The Morgan fingerprint density at radius 3 is 2.33 bits per heavy atom. The minimum Gasteiger partial charge on any atom is -0.497 e. The number of halogens is 2. The van der Waals surface area contributed by atoms with Gasteiger partial charge in [-0.15, -0.1) is 0 Å². The number of hydrogen-bond donors (Lipinski definition) is 1. The maximum absolute atomic E-state index is 14.0. The summed E-state index contributed by atoms with van der Waals surface area (Å²) in [6, 6.07) is 21.0. The van der Waals surface area contributed by atoms with Gasteiger partial charge >= 0.3 is 0 Å². The maximum Gasteiger partial charge on any atom is 0.251 e. The number of ether oxygens (including phenoxy) is 2. The molecule has 0 radical (unpaired) electrons. The van der Waals surface area contributed by atoms with Gasteiger partial charge in [-0.05, 0) is 65.4 Å². The molecule has 196 valence electrons. The first-order chi connectivity index (χ1) is 18.9. The highest BCUT2D eigenvalue weighted by molar-refractivity contribution is 5.94. The molecule has 5 aromatic rings. The predicted molar refractivity (Wildman–Crippen MR) is 143 cm³/mol. The number of fused-ring (bicyclic) bond motifs is 1. The zero-order chi connectivity index (χ0) is 27.4. The number of methoxy groups -OCH3 is 1. The second kappa shape index (κ2) is 11.1. The van der Waals surface area contributed by atoms with Crippen molar-refractivity contribution in [3.8, 4) is 34.2 Å². The normalized spacial score (nSPS) is 10.8. The molecule has 0 aliphatic rings. The minimum absolute atomic E-state index is 0.191. The van der Waals surface area contributed by atoms with Crippen LogP contribution in [0.4, 0.5) is 8.78 Å². The third kappa shape index (κ3) is 5.77. The molecule has 4 aromatic carbocycles. The molecular weight excluding hydrogens is 504 g/mol. The number of nitrogens with zero attached hydrogens (tertiary/aromatic N) is 2. The highest BCUT2D eigenvalue weighted by atomic mass is 19.1. The fourth-order valence-electron chi connectivity index (χ4n) is 4.08. The monoisotopic (exact) mass is 527 g/mol. The molecule has 0 aliphatic heterocycles. The quantitative estimate of drug-likeness (QED) is 0.185. The van der Waals surface area contributed by atoms with Crippen LogP contribution in [0.2, 0.25) is 0 Å². The van der Waals surface area contributed by atoms with Crippen LogP contribution in [0.1, 0.15) is 16.8 Å². The van der Waals surface area contributed by atoms with Gasteiger partial charge in [0.15, 0.2) is 5.75 Å². The predicted octanol–water partition coefficient (Wildman–Crippen LogP) is 6.09. The third-order valence-electron chi connectivity index (χ3n) is 6.01. The average Bonchev–Trinajstić information content (AvgIpc) is 3.36. The number of hydrogen-bond acceptors (Lipinski definition) is 5. The lowest BCUT2D eigenvalue weighted by molar-refractivity contribution is -0.107. The molecule has 0 saturated carbocycles. The lowest BCUT2D eigenvalue weighted by atomic mass is 10.0. The van der Waals surface area contributed by atoms with Crippen LogP contribution in [0.3, 0.4) is 0 Å². The molecular formula is C30H23F2N3O4. The highest BCUT2D eigenvalue weighted by Gasteiger charge is 2.17. The number of carbonyl (C=O) groups excluding carboxylic acids is 2. The van der Waals surface area contributed by atoms with Crippen LogP contribution in [0.15, 0.2) is 85.1 Å². The summed E-state index contributed by atoms with van der Waals surface area (Å²) in [7, 11) is 1.60. The van der Waals surface area contributed by atoms with Gasteiger partial charge in [-0.25, -0.2) is 13.5 Å². The van der Waals surface area contributed by atoms with Gasteiger partial charge in [0.2, 0.25) is 0 Å². The van der Waals surface area contributed by atoms with E-state index in [0.717, 1.165) is 34.4 Å². The Labute approximate surface area is 222 Å². The van der Waals surface area contributed by atoms with Gasteiger partial charge in [0.05, 0.1) is 19.0 Å². The van der Waals surface area contributed by atoms with Crippen LogP contribution in [0.25, 0.3) is 27.7 Å². The number of carbonyl (C=O) groups is 2. The summed E-state index contributed by atoms with van der Waals surface area (Å²) in [6.07, 6.45) is 2.51. The van der Waals surface area contributed by atoms with Crippen molar-refractivity contribution in [3.05, 3.63) is 102 Å². The second-order valence-corrected chi connectivity index (χ2v) is 8.68. The molecule has 0 spiro atoms. The van der Waals surface area contributed by atoms with Gasteiger partial charge in [0.25, 0.3) is 5.91 Å². The average molecular weight is 528 g/mol. The van der Waals surface area contributed by atoms with Gasteiger partial charge in [0, 0.05) is 30.2 Å². The fraction of sp³-hybridized carbons (Fsp3) is 0.100. The lowest BCUT2D eigenvalue weighted by Gasteiger charge is -2.08. The van der Waals surface area contributed by atoms with Crippen molar-refractivity contribution < 1.29 is 27.8 Å². The third-order valence-corrected chi connectivity index (χ3v) is 6.01. The number of rotatable bonds is 9. The minimum atomic E-state index is -0.730. The van der Waals surface area contributed by atoms with E-state index in [4.69, 9.17) is 9.47 Å². The van der Waals surface area contributed by atoms with Crippen molar-refractivity contribution >= 4 is 23.0 Å². The Kier molecular flexibility index (Phi) is 7.31. The van der Waals surface area contributed by atoms with Crippen molar-refractivity contribution in [1.29, 1.82) is 0 Å². The van der Waals surface area contributed by atoms with Gasteiger partial charge in [-0.2, -0.15) is 5.10 Å². The van der Waals surface area contributed by atoms with E-state index in [1.807, 2.05) is 36.4 Å². The Bertz CT molecular complexity index is 1650. The first kappa shape index (κ1) is 25.6. The SMILES string of the molecule is COc1ccc2cc(-c3nn(-c4cc(F)cc(F)c4)cc3Oc3ccc(C(=O)NCCC=O)cc3)ccc2c1. The zero-order valence-corrected chi connectivity index (χ0v) is 20.9. The summed E-state index contributed by atoms with van der Waals surface area (Å²) >= 11 is 0. The van der Waals surface area contributed by atoms with Crippen molar-refractivity contribution in [3.63, 3.8) is 0 Å². The van der Waals surface area contributed by atoms with E-state index in [-0.39, 0.29) is 24.6 Å². The molecule has 1 heterocycles. The summed E-state index contributed by atoms with van der Waals surface area (Å²) in [6.45, 7) is 0.252. The maximum atomic E-state index is 14.0. The summed E-state index contributed by atoms with van der Waals surface area (Å²) in [5.41, 5.74) is 1.78. The van der Waals surface area contributed by atoms with Crippen molar-refractivity contribution in [1.82, 2.24) is 15.1 Å². The van der Waals surface area contributed by atoms with E-state index in [1.54, 1.807) is 37.6 Å². The molecule has 1 amide bonds. The molecule has 0 saturated heterocycles. The molecule has 9 heteroatoms. The summed E-state index contributed by atoms with van der Waals surface area (Å²) in [5, 5.41) is 9.16. The Morgan fingerprint density at radius 2 is 1.62 bits per heavy atom. The van der Waals surface area contributed by atoms with Gasteiger partial charge in [-0.1, -0.05) is 18.2 Å². The van der Waals surface area contributed by atoms with E-state index in [9.17, 15) is 18.4 Å². The van der Waals surface area contributed by atoms with Crippen LogP contribution >= 0.6 is 0 Å². The summed E-state index contributed by atoms with van der Waals surface area (Å²) in [5.74, 6) is -0.264. The first-order valence-corrected chi connectivity index (χ1v) is 12.1. The van der Waals surface area contributed by atoms with Crippen LogP contribution in [0.5, 0.6) is 17.2 Å². The number of benzene rings is 4. The number of nitrogens with one attached hydrogen (secondary N) is 1. The standard InChI is InChI=1S/C30H23F2N3O4/c1-38-27-10-7-20-13-22(4-3-21(20)14-27)29-28(18-35(34-29)25-16-23(31)15-24(32)17-25)39-26-8-5-19(6-9-26)30(37)33-11-2-12-36/h3-10,12-18H,2,11H2,1H3,(H,33,37). The first-order valence-electron chi connectivity index (χ1n) is 12.1. The Balaban J connectivity index is 1.51. The molecule has 0 bridgehead atoms. The van der Waals surface area contributed by atoms with Crippen LogP contribution in [-0.2, 0) is 4.79 Å². The number of aldehydes is 1. The molecule has 0 atom stereocenters. The largest absolute Gasteiger partial charge is 0.497 e. The second-order valence-electron chi connectivity index (χ2n) is 8.68. The topological polar surface area (TPSA) is 82.4 Å². The lowest BCUT2D eigenvalue weighted by Crippen LogP contribution is -2.24. The fourth-order valence-corrected chi connectivity index (χ4v) is 4.08. The van der Waals surface area contributed by atoms with Crippen LogP contribution in [0, 0.1) is 11.6 Å². The highest BCUT2D eigenvalue weighted by Crippen LogP contribution is 2.35. The molecule has 0 fully saturated rings. The smallest absolute Gasteiger partial charge is 0.251 e. The Hall–Kier alpha value is -5.05. The molecule has 39 heavy (non-hydrogen) atoms. The summed E-state index contributed by atoms with van der Waals surface area (Å²) < 4.78 is 40.7. The molecule has 1 aromatic heterocycles. The zero-order valence-electron chi connectivity index (χ0n) is 20.9. The molecule has 1 N–H and O–H groups in total. The van der Waals surface area contributed by atoms with Crippen molar-refractivity contribution in [2.75, 3.05) is 13.7 Å². The van der Waals surface area contributed by atoms with E-state index >= 15 is 0 Å². The molecule has 0 aliphatic carbocycles. The van der Waals surface area contributed by atoms with Gasteiger partial charge in [-0.3, -0.25) is 4.79 Å². The van der Waals surface area contributed by atoms with Gasteiger partial charge < -0.3 is 19.6 Å². The molecule has 5 rings (SSSR count). The number of amides is 1. The Morgan fingerprint density at radius 1 is 0.923 bits per heavy atom. The van der Waals surface area contributed by atoms with E-state index in [0.29, 0.717) is 22.8 Å². The molecule has 0 unspecified atom stereocenters. The summed E-state index contributed by atoms with van der Waals surface area (Å²) in [4.78, 5) is 22.7. The number of aromatic nitrogens is 2. The van der Waals surface area contributed by atoms with E-state index < -0.39 is 11.6 Å². The van der Waals surface area contributed by atoms with Crippen LogP contribution < -0.4 is 14.8 Å². The van der Waals surface area contributed by atoms with Crippen LogP contribution in [-0.4, -0.2) is 35.6 Å².